The van der Waals surface area contributed by atoms with Gasteiger partial charge in [-0.1, -0.05) is 25.5 Å². The smallest absolute Gasteiger partial charge is 0.306 e. The van der Waals surface area contributed by atoms with Crippen molar-refractivity contribution in [1.82, 2.24) is 0 Å². The summed E-state index contributed by atoms with van der Waals surface area (Å²) in [5, 5.41) is 8.79. The maximum absolute atomic E-state index is 10.7. The Balaban J connectivity index is 2.50. The molecule has 2 unspecified atom stereocenters. The van der Waals surface area contributed by atoms with Crippen molar-refractivity contribution in [2.45, 2.75) is 32.6 Å². The average Bonchev–Trinajstić information content (AvgIpc) is 1.95. The normalized spacial score (nSPS) is 33.4. The largest absolute Gasteiger partial charge is 0.481 e. The van der Waals surface area contributed by atoms with Gasteiger partial charge in [0, 0.05) is 0 Å². The first-order valence-electron chi connectivity index (χ1n) is 4.59. The highest BCUT2D eigenvalue weighted by molar-refractivity contribution is 5.70. The van der Waals surface area contributed by atoms with E-state index in [-0.39, 0.29) is 5.92 Å². The van der Waals surface area contributed by atoms with Gasteiger partial charge in [-0.05, 0) is 25.2 Å². The van der Waals surface area contributed by atoms with Crippen molar-refractivity contribution in [1.29, 1.82) is 0 Å². The van der Waals surface area contributed by atoms with Gasteiger partial charge in [0.2, 0.25) is 0 Å². The van der Waals surface area contributed by atoms with Gasteiger partial charge >= 0.3 is 5.97 Å². The Kier molecular flexibility index (Phi) is 3.32. The summed E-state index contributed by atoms with van der Waals surface area (Å²) in [6.45, 7) is 2.18. The summed E-state index contributed by atoms with van der Waals surface area (Å²) >= 11 is 0. The Morgan fingerprint density at radius 1 is 1.50 bits per heavy atom. The molecule has 0 bridgehead atoms. The third-order valence-corrected chi connectivity index (χ3v) is 2.45. The van der Waals surface area contributed by atoms with Crippen LogP contribution in [0.1, 0.15) is 32.6 Å². The third kappa shape index (κ3) is 2.68. The van der Waals surface area contributed by atoms with Crippen LogP contribution in [0.25, 0.3) is 0 Å². The van der Waals surface area contributed by atoms with Crippen LogP contribution in [0.2, 0.25) is 0 Å². The fourth-order valence-corrected chi connectivity index (χ4v) is 1.60. The molecule has 1 aliphatic carbocycles. The topological polar surface area (TPSA) is 37.3 Å². The van der Waals surface area contributed by atoms with Gasteiger partial charge in [0.1, 0.15) is 0 Å². The summed E-state index contributed by atoms with van der Waals surface area (Å²) in [6.07, 6.45) is 7.87. The summed E-state index contributed by atoms with van der Waals surface area (Å²) in [6, 6.07) is 0. The van der Waals surface area contributed by atoms with Gasteiger partial charge in [-0.15, -0.1) is 0 Å². The van der Waals surface area contributed by atoms with Crippen molar-refractivity contribution >= 4 is 5.97 Å². The summed E-state index contributed by atoms with van der Waals surface area (Å²) in [5.74, 6) is -0.164. The second-order valence-corrected chi connectivity index (χ2v) is 3.61. The molecule has 0 saturated carbocycles. The Morgan fingerprint density at radius 3 is 2.92 bits per heavy atom. The molecule has 0 aromatic carbocycles. The molecule has 2 heteroatoms. The molecule has 0 fully saturated rings. The maximum atomic E-state index is 10.7. The van der Waals surface area contributed by atoms with E-state index in [1.807, 2.05) is 6.08 Å². The summed E-state index contributed by atoms with van der Waals surface area (Å²) in [4.78, 5) is 10.7. The first-order valence-corrected chi connectivity index (χ1v) is 4.59. The molecule has 0 radical (unpaired) electrons. The van der Waals surface area contributed by atoms with Gasteiger partial charge < -0.3 is 5.11 Å². The molecule has 0 spiro atoms. The lowest BCUT2D eigenvalue weighted by Crippen LogP contribution is -2.14. The highest BCUT2D eigenvalue weighted by Gasteiger charge is 2.17. The molecule has 2 atom stereocenters. The zero-order chi connectivity index (χ0) is 8.97. The van der Waals surface area contributed by atoms with E-state index in [9.17, 15) is 4.79 Å². The lowest BCUT2D eigenvalue weighted by atomic mass is 9.91. The molecule has 1 rings (SSSR count). The Morgan fingerprint density at radius 2 is 2.25 bits per heavy atom. The Bertz CT molecular complexity index is 184. The molecule has 0 saturated heterocycles. The predicted octanol–water partition coefficient (Wildman–Crippen LogP) is 2.45. The third-order valence-electron chi connectivity index (χ3n) is 2.45. The predicted molar refractivity (Wildman–Crippen MR) is 47.9 cm³/mol. The van der Waals surface area contributed by atoms with Crippen molar-refractivity contribution in [3.05, 3.63) is 12.2 Å². The molecule has 0 amide bonds. The van der Waals surface area contributed by atoms with Crippen LogP contribution in [-0.4, -0.2) is 11.1 Å². The first-order chi connectivity index (χ1) is 5.70. The van der Waals surface area contributed by atoms with Gasteiger partial charge in [0.05, 0.1) is 5.92 Å². The lowest BCUT2D eigenvalue weighted by Gasteiger charge is -2.14. The van der Waals surface area contributed by atoms with Crippen LogP contribution in [-0.2, 0) is 4.79 Å². The van der Waals surface area contributed by atoms with E-state index in [0.717, 1.165) is 19.3 Å². The second-order valence-electron chi connectivity index (χ2n) is 3.61. The van der Waals surface area contributed by atoms with Crippen LogP contribution < -0.4 is 0 Å². The average molecular weight is 168 g/mol. The molecule has 1 N–H and O–H groups in total. The molecular weight excluding hydrogens is 152 g/mol. The van der Waals surface area contributed by atoms with E-state index in [0.29, 0.717) is 12.3 Å². The van der Waals surface area contributed by atoms with Crippen LogP contribution in [0.4, 0.5) is 0 Å². The van der Waals surface area contributed by atoms with Gasteiger partial charge in [-0.25, -0.2) is 0 Å². The molecular formula is C10H16O2. The molecule has 12 heavy (non-hydrogen) atoms. The quantitative estimate of drug-likeness (QED) is 0.610. The zero-order valence-corrected chi connectivity index (χ0v) is 7.49. The summed E-state index contributed by atoms with van der Waals surface area (Å²) in [7, 11) is 0. The van der Waals surface area contributed by atoms with Crippen LogP contribution in [0.5, 0.6) is 0 Å². The minimum atomic E-state index is -0.644. The standard InChI is InChI=1S/C10H16O2/c1-8-4-2-6-9(10(11)12)7-3-5-8/h2,4,8-9H,3,5-7H2,1H3,(H,11,12)/b4-2-. The van der Waals surface area contributed by atoms with Gasteiger partial charge in [0.15, 0.2) is 0 Å². The highest BCUT2D eigenvalue weighted by Crippen LogP contribution is 2.20. The fourth-order valence-electron chi connectivity index (χ4n) is 1.60. The van der Waals surface area contributed by atoms with E-state index in [2.05, 4.69) is 13.0 Å². The second kappa shape index (κ2) is 4.29. The number of hydrogen-bond acceptors (Lipinski definition) is 1. The summed E-state index contributed by atoms with van der Waals surface area (Å²) < 4.78 is 0. The van der Waals surface area contributed by atoms with Gasteiger partial charge in [-0.3, -0.25) is 4.79 Å². The van der Waals surface area contributed by atoms with E-state index in [1.165, 1.54) is 0 Å². The van der Waals surface area contributed by atoms with Crippen molar-refractivity contribution in [2.24, 2.45) is 11.8 Å². The van der Waals surface area contributed by atoms with Crippen molar-refractivity contribution < 1.29 is 9.90 Å². The molecule has 1 aliphatic rings. The van der Waals surface area contributed by atoms with Crippen LogP contribution in [0.15, 0.2) is 12.2 Å². The van der Waals surface area contributed by atoms with Crippen LogP contribution in [0.3, 0.4) is 0 Å². The van der Waals surface area contributed by atoms with Crippen molar-refractivity contribution in [2.75, 3.05) is 0 Å². The number of carboxylic acid groups (broad SMARTS) is 1. The summed E-state index contributed by atoms with van der Waals surface area (Å²) in [5.41, 5.74) is 0. The molecule has 0 aromatic heterocycles. The fraction of sp³-hybridized carbons (Fsp3) is 0.700. The molecule has 2 nitrogen and oxygen atoms in total. The number of rotatable bonds is 1. The minimum Gasteiger partial charge on any atom is -0.481 e. The highest BCUT2D eigenvalue weighted by atomic mass is 16.4. The monoisotopic (exact) mass is 168 g/mol. The molecule has 68 valence electrons. The van der Waals surface area contributed by atoms with Crippen molar-refractivity contribution in [3.63, 3.8) is 0 Å². The number of carbonyl (C=O) groups is 1. The van der Waals surface area contributed by atoms with E-state index >= 15 is 0 Å². The van der Waals surface area contributed by atoms with Gasteiger partial charge in [0.25, 0.3) is 0 Å². The number of aliphatic carboxylic acids is 1. The van der Waals surface area contributed by atoms with E-state index in [1.54, 1.807) is 0 Å². The van der Waals surface area contributed by atoms with E-state index in [4.69, 9.17) is 5.11 Å². The maximum Gasteiger partial charge on any atom is 0.306 e. The first kappa shape index (κ1) is 9.30. The zero-order valence-electron chi connectivity index (χ0n) is 7.49. The Hall–Kier alpha value is -0.790. The molecule has 0 heterocycles. The van der Waals surface area contributed by atoms with E-state index < -0.39 is 5.97 Å². The van der Waals surface area contributed by atoms with Gasteiger partial charge in [-0.2, -0.15) is 0 Å². The Labute approximate surface area is 73.3 Å². The number of allylic oxidation sites excluding steroid dienone is 2. The molecule has 0 aromatic rings. The number of carboxylic acids is 1. The van der Waals surface area contributed by atoms with Crippen molar-refractivity contribution in [3.8, 4) is 0 Å². The minimum absolute atomic E-state index is 0.145. The number of hydrogen-bond donors (Lipinski definition) is 1. The molecule has 0 aliphatic heterocycles. The SMILES string of the molecule is CC1/C=C\CC(C(=O)O)CCC1. The van der Waals surface area contributed by atoms with Crippen LogP contribution in [0, 0.1) is 11.8 Å². The lowest BCUT2D eigenvalue weighted by molar-refractivity contribution is -0.141. The van der Waals surface area contributed by atoms with Crippen LogP contribution >= 0.6 is 0 Å².